The van der Waals surface area contributed by atoms with Gasteiger partial charge in [0, 0.05) is 12.0 Å². The van der Waals surface area contributed by atoms with Crippen LogP contribution < -0.4 is 9.47 Å². The van der Waals surface area contributed by atoms with Gasteiger partial charge in [0.05, 0.1) is 20.0 Å². The number of methoxy groups -OCH3 is 1. The van der Waals surface area contributed by atoms with Crippen LogP contribution >= 0.6 is 11.3 Å². The number of carbonyl (C=O) groups is 2. The predicted octanol–water partition coefficient (Wildman–Crippen LogP) is 3.60. The summed E-state index contributed by atoms with van der Waals surface area (Å²) < 4.78 is 38.6. The van der Waals surface area contributed by atoms with Gasteiger partial charge in [0.2, 0.25) is 5.75 Å². The number of nitrogens with zero attached hydrogens (tertiary/aromatic N) is 2. The lowest BCUT2D eigenvalue weighted by Gasteiger charge is -2.14. The molecule has 0 aliphatic carbocycles. The van der Waals surface area contributed by atoms with Crippen molar-refractivity contribution in [3.63, 3.8) is 0 Å². The zero-order chi connectivity index (χ0) is 21.7. The molecular weight excluding hydrogens is 418 g/mol. The number of carboxylic acid groups (broad SMARTS) is 1. The highest BCUT2D eigenvalue weighted by Gasteiger charge is 2.18. The smallest absolute Gasteiger partial charge is 0.310 e. The average molecular weight is 434 g/mol. The van der Waals surface area contributed by atoms with Crippen molar-refractivity contribution in [3.8, 4) is 17.2 Å². The van der Waals surface area contributed by atoms with Gasteiger partial charge in [-0.15, -0.1) is 21.5 Å². The predicted molar refractivity (Wildman–Crippen MR) is 103 cm³/mol. The summed E-state index contributed by atoms with van der Waals surface area (Å²) in [4.78, 5) is 23.2. The van der Waals surface area contributed by atoms with Crippen LogP contribution in [0, 0.1) is 11.6 Å². The molecule has 0 aliphatic rings. The molecule has 1 aromatic heterocycles. The molecule has 3 aromatic rings. The maximum Gasteiger partial charge on any atom is 0.310 e. The topological polar surface area (TPSA) is 98.6 Å². The second-order valence-electron chi connectivity index (χ2n) is 6.18. The summed E-state index contributed by atoms with van der Waals surface area (Å²) in [6.07, 6.45) is -0.577. The molecule has 10 heteroatoms. The Kier molecular flexibility index (Phi) is 6.68. The molecule has 156 valence electrons. The van der Waals surface area contributed by atoms with Crippen molar-refractivity contribution in [2.45, 2.75) is 19.3 Å². The van der Waals surface area contributed by atoms with Crippen LogP contribution in [0.25, 0.3) is 0 Å². The molecule has 2 aromatic carbocycles. The van der Waals surface area contributed by atoms with Gasteiger partial charge in [-0.2, -0.15) is 0 Å². The Morgan fingerprint density at radius 3 is 2.47 bits per heavy atom. The molecule has 0 bridgehead atoms. The highest BCUT2D eigenvalue weighted by atomic mass is 32.1. The molecular formula is C20H16F2N2O5S. The number of hydrogen-bond donors (Lipinski definition) is 1. The van der Waals surface area contributed by atoms with E-state index in [2.05, 4.69) is 10.2 Å². The molecule has 0 fully saturated rings. The summed E-state index contributed by atoms with van der Waals surface area (Å²) in [6.45, 7) is 0. The molecule has 0 radical (unpaired) electrons. The lowest BCUT2D eigenvalue weighted by atomic mass is 10.1. The molecule has 30 heavy (non-hydrogen) atoms. The largest absolute Gasteiger partial charge is 0.493 e. The summed E-state index contributed by atoms with van der Waals surface area (Å²) in [6, 6.07) is 7.74. The van der Waals surface area contributed by atoms with Crippen LogP contribution in [-0.2, 0) is 28.9 Å². The first-order valence-corrected chi connectivity index (χ1v) is 9.51. The van der Waals surface area contributed by atoms with Crippen molar-refractivity contribution in [2.24, 2.45) is 0 Å². The van der Waals surface area contributed by atoms with Gasteiger partial charge in [-0.3, -0.25) is 9.59 Å². The minimum Gasteiger partial charge on any atom is -0.493 e. The van der Waals surface area contributed by atoms with Crippen LogP contribution in [-0.4, -0.2) is 34.2 Å². The molecule has 0 atom stereocenters. The van der Waals surface area contributed by atoms with E-state index in [1.54, 1.807) is 0 Å². The fourth-order valence-corrected chi connectivity index (χ4v) is 3.51. The Morgan fingerprint density at radius 1 is 1.03 bits per heavy atom. The molecule has 0 amide bonds. The Labute approximate surface area is 173 Å². The number of carboxylic acids is 1. The fraction of sp³-hybridized carbons (Fsp3) is 0.200. The van der Waals surface area contributed by atoms with Gasteiger partial charge in [0.25, 0.3) is 0 Å². The van der Waals surface area contributed by atoms with Gasteiger partial charge >= 0.3 is 5.97 Å². The number of aromatic nitrogens is 2. The zero-order valence-corrected chi connectivity index (χ0v) is 16.5. The van der Waals surface area contributed by atoms with E-state index in [1.165, 1.54) is 31.4 Å². The van der Waals surface area contributed by atoms with Crippen molar-refractivity contribution in [1.82, 2.24) is 10.2 Å². The molecule has 1 heterocycles. The van der Waals surface area contributed by atoms with E-state index in [1.807, 2.05) is 0 Å². The Hall–Kier alpha value is -3.40. The van der Waals surface area contributed by atoms with Crippen LogP contribution in [0.15, 0.2) is 36.4 Å². The van der Waals surface area contributed by atoms with Crippen LogP contribution in [0.3, 0.4) is 0 Å². The molecule has 3 rings (SSSR count). The lowest BCUT2D eigenvalue weighted by Crippen LogP contribution is -2.08. The van der Waals surface area contributed by atoms with Crippen LogP contribution in [0.4, 0.5) is 8.78 Å². The quantitative estimate of drug-likeness (QED) is 0.549. The van der Waals surface area contributed by atoms with Gasteiger partial charge < -0.3 is 14.6 Å². The van der Waals surface area contributed by atoms with E-state index in [0.717, 1.165) is 23.5 Å². The van der Waals surface area contributed by atoms with E-state index in [-0.39, 0.29) is 52.9 Å². The number of hydrogen-bond acceptors (Lipinski definition) is 7. The average Bonchev–Trinajstić information content (AvgIpc) is 3.10. The number of Topliss-reactive ketones (excluding diaryl/α,β-unsaturated/α-hetero) is 1. The third kappa shape index (κ3) is 5.35. The Balaban J connectivity index is 1.78. The highest BCUT2D eigenvalue weighted by molar-refractivity contribution is 7.11. The molecule has 0 aliphatic heterocycles. The number of rotatable bonds is 9. The van der Waals surface area contributed by atoms with E-state index < -0.39 is 17.6 Å². The summed E-state index contributed by atoms with van der Waals surface area (Å²) in [7, 11) is 1.36. The lowest BCUT2D eigenvalue weighted by molar-refractivity contribution is -0.136. The van der Waals surface area contributed by atoms with E-state index in [9.17, 15) is 18.4 Å². The number of benzene rings is 2. The number of aliphatic carboxylic acids is 1. The molecule has 0 unspecified atom stereocenters. The highest BCUT2D eigenvalue weighted by Crippen LogP contribution is 2.35. The van der Waals surface area contributed by atoms with Crippen LogP contribution in [0.5, 0.6) is 17.2 Å². The number of halogens is 2. The Morgan fingerprint density at radius 2 is 1.77 bits per heavy atom. The van der Waals surface area contributed by atoms with Gasteiger partial charge in [-0.05, 0) is 30.3 Å². The van der Waals surface area contributed by atoms with Gasteiger partial charge in [-0.25, -0.2) is 8.78 Å². The second-order valence-corrected chi connectivity index (χ2v) is 7.32. The van der Waals surface area contributed by atoms with Crippen molar-refractivity contribution >= 4 is 23.1 Å². The third-order valence-electron chi connectivity index (χ3n) is 3.93. The molecule has 1 N–H and O–H groups in total. The van der Waals surface area contributed by atoms with Gasteiger partial charge in [0.15, 0.2) is 11.6 Å². The van der Waals surface area contributed by atoms with E-state index in [0.29, 0.717) is 5.01 Å². The first-order chi connectivity index (χ1) is 14.4. The SMILES string of the molecule is COc1cccc(F)c1Oc1ccc(F)cc1CC(=O)Cc1nnc(CC(=O)O)s1. The van der Waals surface area contributed by atoms with Crippen LogP contribution in [0.1, 0.15) is 15.6 Å². The van der Waals surface area contributed by atoms with Crippen molar-refractivity contribution in [2.75, 3.05) is 7.11 Å². The first-order valence-electron chi connectivity index (χ1n) is 8.69. The minimum absolute atomic E-state index is 0.101. The summed E-state index contributed by atoms with van der Waals surface area (Å²) in [5.41, 5.74) is 0.223. The van der Waals surface area contributed by atoms with E-state index in [4.69, 9.17) is 14.6 Å². The molecule has 0 saturated heterocycles. The molecule has 0 spiro atoms. The molecule has 0 saturated carbocycles. The summed E-state index contributed by atoms with van der Waals surface area (Å²) >= 11 is 1.02. The maximum absolute atomic E-state index is 14.2. The molecule has 7 nitrogen and oxygen atoms in total. The van der Waals surface area contributed by atoms with Gasteiger partial charge in [-0.1, -0.05) is 6.07 Å². The van der Waals surface area contributed by atoms with Crippen molar-refractivity contribution in [3.05, 3.63) is 63.6 Å². The number of ketones is 1. The van der Waals surface area contributed by atoms with Crippen molar-refractivity contribution < 1.29 is 33.0 Å². The zero-order valence-electron chi connectivity index (χ0n) is 15.7. The number of ether oxygens (including phenoxy) is 2. The first kappa shape index (κ1) is 21.3. The monoisotopic (exact) mass is 434 g/mol. The summed E-state index contributed by atoms with van der Waals surface area (Å²) in [5.74, 6) is -2.53. The number of carbonyl (C=O) groups excluding carboxylic acids is 1. The second kappa shape index (κ2) is 9.40. The standard InChI is InChI=1S/C20H16F2N2O5S/c1-28-16-4-2-3-14(22)20(16)29-15-6-5-12(21)7-11(15)8-13(25)9-17-23-24-18(30-17)10-19(26)27/h2-7H,8-10H2,1H3,(H,26,27). The van der Waals surface area contributed by atoms with E-state index >= 15 is 0 Å². The Bertz CT molecular complexity index is 1090. The fourth-order valence-electron chi connectivity index (χ4n) is 2.65. The number of para-hydroxylation sites is 1. The van der Waals surface area contributed by atoms with Gasteiger partial charge in [0.1, 0.15) is 27.4 Å². The normalized spacial score (nSPS) is 10.6. The maximum atomic E-state index is 14.2. The summed E-state index contributed by atoms with van der Waals surface area (Å²) in [5, 5.41) is 16.9. The third-order valence-corrected chi connectivity index (χ3v) is 4.86. The van der Waals surface area contributed by atoms with Crippen molar-refractivity contribution in [1.29, 1.82) is 0 Å². The minimum atomic E-state index is -1.05. The van der Waals surface area contributed by atoms with Crippen LogP contribution in [0.2, 0.25) is 0 Å².